The Morgan fingerprint density at radius 3 is 2.55 bits per heavy atom. The van der Waals surface area contributed by atoms with Gasteiger partial charge in [-0.15, -0.1) is 0 Å². The third-order valence-electron chi connectivity index (χ3n) is 6.83. The van der Waals surface area contributed by atoms with Crippen molar-refractivity contribution in [1.29, 1.82) is 0 Å². The first-order valence-corrected chi connectivity index (χ1v) is 12.8. The van der Waals surface area contributed by atoms with Crippen molar-refractivity contribution in [2.75, 3.05) is 36.4 Å². The summed E-state index contributed by atoms with van der Waals surface area (Å²) in [7, 11) is 0. The number of piperazine rings is 1. The van der Waals surface area contributed by atoms with E-state index in [4.69, 9.17) is 4.98 Å². The molecule has 1 aliphatic heterocycles. The maximum absolute atomic E-state index is 13.6. The first kappa shape index (κ1) is 27.0. The van der Waals surface area contributed by atoms with E-state index in [0.717, 1.165) is 11.5 Å². The number of amides is 1. The van der Waals surface area contributed by atoms with Crippen molar-refractivity contribution in [2.45, 2.75) is 59.5 Å². The lowest BCUT2D eigenvalue weighted by Crippen LogP contribution is -2.61. The molecule has 38 heavy (non-hydrogen) atoms. The first-order chi connectivity index (χ1) is 18.0. The molecule has 4 rings (SSSR count). The fourth-order valence-electron chi connectivity index (χ4n) is 4.93. The Labute approximate surface area is 222 Å². The Morgan fingerprint density at radius 2 is 1.95 bits per heavy atom. The number of hydrogen-bond acceptors (Lipinski definition) is 8. The normalized spacial score (nSPS) is 15.1. The average molecular weight is 521 g/mol. The number of anilines is 2. The van der Waals surface area contributed by atoms with Crippen LogP contribution in [0.25, 0.3) is 0 Å². The number of carbonyl (C=O) groups is 2. The molecule has 1 amide bonds. The quantitative estimate of drug-likeness (QED) is 0.459. The van der Waals surface area contributed by atoms with E-state index in [0.29, 0.717) is 55.5 Å². The maximum Gasteiger partial charge on any atom is 0.337 e. The molecule has 1 aliphatic rings. The number of aromatic nitrogens is 5. The van der Waals surface area contributed by atoms with Gasteiger partial charge in [0.05, 0.1) is 35.2 Å². The van der Waals surface area contributed by atoms with E-state index in [9.17, 15) is 14.7 Å². The molecule has 0 radical (unpaired) electrons. The van der Waals surface area contributed by atoms with Crippen LogP contribution >= 0.6 is 0 Å². The second-order valence-electron chi connectivity index (χ2n) is 10.6. The number of aryl methyl sites for hydroxylation is 2. The van der Waals surface area contributed by atoms with Crippen LogP contribution in [0.3, 0.4) is 0 Å². The van der Waals surface area contributed by atoms with Gasteiger partial charge in [0.2, 0.25) is 0 Å². The van der Waals surface area contributed by atoms with Crippen molar-refractivity contribution in [3.05, 3.63) is 58.9 Å². The van der Waals surface area contributed by atoms with Gasteiger partial charge < -0.3 is 20.2 Å². The van der Waals surface area contributed by atoms with Crippen LogP contribution in [0, 0.1) is 13.8 Å². The molecule has 2 N–H and O–H groups in total. The lowest BCUT2D eigenvalue weighted by molar-refractivity contribution is 0.0506. The Kier molecular flexibility index (Phi) is 7.66. The highest BCUT2D eigenvalue weighted by atomic mass is 16.4. The number of carboxylic acid groups (broad SMARTS) is 1. The SMILES string of the molecule is Cc1cc(N2CCN(C(=O)c3cnc(NCCn4cccn4)c(C(C)C)n3)C(C)(C)C2)nc(C)c1C(=O)O. The van der Waals surface area contributed by atoms with E-state index in [1.165, 1.54) is 0 Å². The van der Waals surface area contributed by atoms with Crippen LogP contribution in [0.5, 0.6) is 0 Å². The topological polar surface area (TPSA) is 129 Å². The summed E-state index contributed by atoms with van der Waals surface area (Å²) in [6.07, 6.45) is 5.20. The minimum Gasteiger partial charge on any atom is -0.478 e. The van der Waals surface area contributed by atoms with Crippen molar-refractivity contribution in [3.8, 4) is 0 Å². The number of aromatic carboxylic acids is 1. The Balaban J connectivity index is 1.49. The van der Waals surface area contributed by atoms with Crippen molar-refractivity contribution in [1.82, 2.24) is 29.6 Å². The van der Waals surface area contributed by atoms with Crippen molar-refractivity contribution >= 4 is 23.5 Å². The molecular weight excluding hydrogens is 484 g/mol. The molecule has 0 saturated carbocycles. The lowest BCUT2D eigenvalue weighted by atomic mass is 9.97. The van der Waals surface area contributed by atoms with Gasteiger partial charge in [-0.05, 0) is 51.3 Å². The fourth-order valence-corrected chi connectivity index (χ4v) is 4.93. The van der Waals surface area contributed by atoms with Crippen LogP contribution < -0.4 is 10.2 Å². The first-order valence-electron chi connectivity index (χ1n) is 12.8. The predicted octanol–water partition coefficient (Wildman–Crippen LogP) is 3.36. The van der Waals surface area contributed by atoms with Crippen LogP contribution in [-0.4, -0.2) is 78.3 Å². The van der Waals surface area contributed by atoms with Gasteiger partial charge in [0.25, 0.3) is 5.91 Å². The number of carboxylic acids is 1. The van der Waals surface area contributed by atoms with Gasteiger partial charge in [-0.25, -0.2) is 19.7 Å². The summed E-state index contributed by atoms with van der Waals surface area (Å²) >= 11 is 0. The zero-order chi connectivity index (χ0) is 27.6. The molecule has 0 atom stereocenters. The van der Waals surface area contributed by atoms with Crippen molar-refractivity contribution in [3.63, 3.8) is 0 Å². The molecule has 4 heterocycles. The van der Waals surface area contributed by atoms with E-state index >= 15 is 0 Å². The van der Waals surface area contributed by atoms with E-state index in [1.54, 1.807) is 26.2 Å². The summed E-state index contributed by atoms with van der Waals surface area (Å²) in [5.74, 6) is 0.343. The van der Waals surface area contributed by atoms with Crippen molar-refractivity contribution < 1.29 is 14.7 Å². The van der Waals surface area contributed by atoms with Crippen LogP contribution in [0.1, 0.15) is 71.4 Å². The standard InChI is InChI=1S/C27H36N8O3/c1-17(2)23-24(28-9-11-34-10-7-8-30-34)29-15-20(32-23)25(36)35-13-12-33(16-27(35,5)6)21-14-18(3)22(26(37)38)19(4)31-21/h7-8,10,14-15,17H,9,11-13,16H2,1-6H3,(H,28,29)(H,37,38). The van der Waals surface area contributed by atoms with E-state index in [-0.39, 0.29) is 17.4 Å². The summed E-state index contributed by atoms with van der Waals surface area (Å²) in [5.41, 5.74) is 1.96. The average Bonchev–Trinajstić information content (AvgIpc) is 3.36. The summed E-state index contributed by atoms with van der Waals surface area (Å²) in [6.45, 7) is 14.5. The Hall–Kier alpha value is -4.02. The summed E-state index contributed by atoms with van der Waals surface area (Å²) in [6, 6.07) is 3.69. The number of pyridine rings is 1. The number of carbonyl (C=O) groups excluding carboxylic acids is 1. The number of rotatable bonds is 8. The summed E-state index contributed by atoms with van der Waals surface area (Å²) in [5, 5.41) is 17.0. The molecule has 0 aromatic carbocycles. The molecule has 0 bridgehead atoms. The minimum atomic E-state index is -0.976. The van der Waals surface area contributed by atoms with E-state index in [2.05, 4.69) is 25.3 Å². The zero-order valence-corrected chi connectivity index (χ0v) is 22.9. The lowest BCUT2D eigenvalue weighted by Gasteiger charge is -2.47. The zero-order valence-electron chi connectivity index (χ0n) is 22.9. The van der Waals surface area contributed by atoms with Crippen LogP contribution in [-0.2, 0) is 6.54 Å². The third kappa shape index (κ3) is 5.61. The van der Waals surface area contributed by atoms with Gasteiger partial charge in [-0.2, -0.15) is 5.10 Å². The molecule has 3 aromatic heterocycles. The highest BCUT2D eigenvalue weighted by Crippen LogP contribution is 2.28. The van der Waals surface area contributed by atoms with E-state index in [1.807, 2.05) is 55.6 Å². The van der Waals surface area contributed by atoms with Gasteiger partial charge in [-0.3, -0.25) is 9.48 Å². The van der Waals surface area contributed by atoms with Crippen LogP contribution in [0.4, 0.5) is 11.6 Å². The van der Waals surface area contributed by atoms with E-state index < -0.39 is 11.5 Å². The Morgan fingerprint density at radius 1 is 1.18 bits per heavy atom. The highest BCUT2D eigenvalue weighted by molar-refractivity contribution is 5.93. The molecule has 11 nitrogen and oxygen atoms in total. The largest absolute Gasteiger partial charge is 0.478 e. The monoisotopic (exact) mass is 520 g/mol. The second kappa shape index (κ2) is 10.8. The predicted molar refractivity (Wildman–Crippen MR) is 145 cm³/mol. The van der Waals surface area contributed by atoms with Crippen LogP contribution in [0.2, 0.25) is 0 Å². The number of nitrogens with zero attached hydrogens (tertiary/aromatic N) is 7. The molecule has 1 saturated heterocycles. The molecule has 3 aromatic rings. The van der Waals surface area contributed by atoms with Crippen LogP contribution in [0.15, 0.2) is 30.7 Å². The van der Waals surface area contributed by atoms with Gasteiger partial charge in [-0.1, -0.05) is 13.8 Å². The smallest absolute Gasteiger partial charge is 0.337 e. The minimum absolute atomic E-state index is 0.0821. The molecule has 0 aliphatic carbocycles. The fraction of sp³-hybridized carbons (Fsp3) is 0.481. The molecule has 0 unspecified atom stereocenters. The summed E-state index contributed by atoms with van der Waals surface area (Å²) < 4.78 is 1.84. The number of nitrogens with one attached hydrogen (secondary N) is 1. The molecular formula is C27H36N8O3. The van der Waals surface area contributed by atoms with Gasteiger partial charge >= 0.3 is 5.97 Å². The molecule has 11 heteroatoms. The number of hydrogen-bond donors (Lipinski definition) is 2. The molecule has 0 spiro atoms. The molecule has 1 fully saturated rings. The third-order valence-corrected chi connectivity index (χ3v) is 6.83. The Bertz CT molecular complexity index is 1300. The van der Waals surface area contributed by atoms with Gasteiger partial charge in [0, 0.05) is 38.6 Å². The maximum atomic E-state index is 13.6. The van der Waals surface area contributed by atoms with Gasteiger partial charge in [0.15, 0.2) is 0 Å². The molecule has 202 valence electrons. The van der Waals surface area contributed by atoms with Crippen molar-refractivity contribution in [2.24, 2.45) is 0 Å². The highest BCUT2D eigenvalue weighted by Gasteiger charge is 2.38. The second-order valence-corrected chi connectivity index (χ2v) is 10.6. The van der Waals surface area contributed by atoms with Gasteiger partial charge in [0.1, 0.15) is 17.3 Å². The summed E-state index contributed by atoms with van der Waals surface area (Å²) in [4.78, 5) is 43.0.